The van der Waals surface area contributed by atoms with Gasteiger partial charge in [0.2, 0.25) is 0 Å². The maximum Gasteiger partial charge on any atom is 0.251 e. The highest BCUT2D eigenvalue weighted by molar-refractivity contribution is 5.94. The number of nitrogens with one attached hydrogen (secondary N) is 1. The molecular weight excluding hydrogens is 350 g/mol. The topological polar surface area (TPSA) is 83.2 Å². The van der Waals surface area contributed by atoms with Crippen LogP contribution in [0, 0.1) is 40.4 Å². The Morgan fingerprint density at radius 1 is 1.14 bits per heavy atom. The lowest BCUT2D eigenvalue weighted by Gasteiger charge is -2.46. The van der Waals surface area contributed by atoms with E-state index in [0.29, 0.717) is 29.5 Å². The summed E-state index contributed by atoms with van der Waals surface area (Å²) in [6.07, 6.45) is 2.25. The van der Waals surface area contributed by atoms with Crippen molar-refractivity contribution in [1.29, 1.82) is 10.5 Å². The van der Waals surface area contributed by atoms with Crippen LogP contribution in [0.3, 0.4) is 0 Å². The molecular formula is C22H29N5O. The molecule has 0 aliphatic carbocycles. The minimum Gasteiger partial charge on any atom is -0.352 e. The fourth-order valence-electron chi connectivity index (χ4n) is 4.56. The quantitative estimate of drug-likeness (QED) is 0.734. The zero-order valence-corrected chi connectivity index (χ0v) is 16.6. The first-order valence-electron chi connectivity index (χ1n) is 10.2. The van der Waals surface area contributed by atoms with Gasteiger partial charge in [-0.05, 0) is 62.4 Å². The van der Waals surface area contributed by atoms with Crippen molar-refractivity contribution >= 4 is 5.91 Å². The zero-order valence-electron chi connectivity index (χ0n) is 16.6. The molecule has 3 unspecified atom stereocenters. The first-order chi connectivity index (χ1) is 13.6. The molecule has 28 heavy (non-hydrogen) atoms. The molecule has 3 rings (SSSR count). The summed E-state index contributed by atoms with van der Waals surface area (Å²) < 4.78 is 0. The summed E-state index contributed by atoms with van der Waals surface area (Å²) in [5.74, 6) is 1.43. The molecule has 1 aromatic carbocycles. The number of hydrogen-bond acceptors (Lipinski definition) is 5. The highest BCUT2D eigenvalue weighted by Crippen LogP contribution is 2.28. The van der Waals surface area contributed by atoms with Gasteiger partial charge in [-0.3, -0.25) is 4.79 Å². The first kappa shape index (κ1) is 20.3. The third kappa shape index (κ3) is 5.55. The van der Waals surface area contributed by atoms with Gasteiger partial charge in [-0.15, -0.1) is 0 Å². The summed E-state index contributed by atoms with van der Waals surface area (Å²) in [6, 6.07) is 11.1. The van der Waals surface area contributed by atoms with Crippen LogP contribution in [0.1, 0.15) is 35.7 Å². The predicted octanol–water partition coefficient (Wildman–Crippen LogP) is 2.09. The van der Waals surface area contributed by atoms with E-state index in [1.54, 1.807) is 24.3 Å². The molecule has 1 amide bonds. The molecule has 2 heterocycles. The molecule has 3 atom stereocenters. The number of fused-ring (bicyclic) bond motifs is 2. The summed E-state index contributed by atoms with van der Waals surface area (Å²) >= 11 is 0. The third-order valence-electron chi connectivity index (χ3n) is 5.70. The van der Waals surface area contributed by atoms with E-state index in [-0.39, 0.29) is 11.8 Å². The highest BCUT2D eigenvalue weighted by Gasteiger charge is 2.34. The number of carbonyl (C=O) groups is 1. The van der Waals surface area contributed by atoms with Crippen molar-refractivity contribution in [2.75, 3.05) is 45.8 Å². The Balaban J connectivity index is 1.37. The van der Waals surface area contributed by atoms with Gasteiger partial charge in [-0.25, -0.2) is 0 Å². The molecule has 0 radical (unpaired) electrons. The Bertz CT molecular complexity index is 734. The zero-order chi connectivity index (χ0) is 19.9. The lowest BCUT2D eigenvalue weighted by molar-refractivity contribution is 0.0278. The van der Waals surface area contributed by atoms with Crippen LogP contribution in [0.25, 0.3) is 0 Å². The minimum absolute atomic E-state index is 0.0812. The highest BCUT2D eigenvalue weighted by atomic mass is 16.1. The van der Waals surface area contributed by atoms with Crippen molar-refractivity contribution in [2.24, 2.45) is 17.8 Å². The molecule has 0 aromatic heterocycles. The number of nitriles is 2. The molecule has 2 aliphatic heterocycles. The fourth-order valence-corrected chi connectivity index (χ4v) is 4.56. The summed E-state index contributed by atoms with van der Waals surface area (Å²) in [5.41, 5.74) is 1.16. The monoisotopic (exact) mass is 379 g/mol. The Labute approximate surface area is 167 Å². The molecule has 0 saturated carbocycles. The van der Waals surface area contributed by atoms with Gasteiger partial charge < -0.3 is 15.1 Å². The molecule has 1 aromatic rings. The van der Waals surface area contributed by atoms with Crippen LogP contribution in [-0.2, 0) is 0 Å². The smallest absolute Gasteiger partial charge is 0.251 e. The number of rotatable bonds is 7. The van der Waals surface area contributed by atoms with Crippen LogP contribution < -0.4 is 5.32 Å². The second-order valence-electron chi connectivity index (χ2n) is 8.27. The second kappa shape index (κ2) is 9.68. The van der Waals surface area contributed by atoms with Crippen molar-refractivity contribution < 1.29 is 4.79 Å². The van der Waals surface area contributed by atoms with Crippen molar-refractivity contribution in [3.8, 4) is 12.1 Å². The van der Waals surface area contributed by atoms with Gasteiger partial charge in [0.05, 0.1) is 23.6 Å². The Morgan fingerprint density at radius 3 is 2.39 bits per heavy atom. The molecule has 2 aliphatic rings. The standard InChI is InChI=1S/C22H29N5O/c1-17(10-23)12-27-15-19-9-20(16-27)14-26(13-19)8-2-7-25-22(28)21-5-3-18(11-24)4-6-21/h3-6,17,19-20H,2,7-9,12-16H2,1H3,(H,25,28). The Morgan fingerprint density at radius 2 is 1.79 bits per heavy atom. The lowest BCUT2D eigenvalue weighted by Crippen LogP contribution is -2.53. The van der Waals surface area contributed by atoms with Gasteiger partial charge in [0.1, 0.15) is 0 Å². The number of hydrogen-bond donors (Lipinski definition) is 1. The van der Waals surface area contributed by atoms with Crippen LogP contribution in [0.2, 0.25) is 0 Å². The Kier molecular flexibility index (Phi) is 7.03. The van der Waals surface area contributed by atoms with E-state index in [1.807, 2.05) is 6.92 Å². The SMILES string of the molecule is CC(C#N)CN1CC2CC(CN(CCCNC(=O)c3ccc(C#N)cc3)C2)C1. The maximum absolute atomic E-state index is 12.2. The number of nitrogens with zero attached hydrogens (tertiary/aromatic N) is 4. The molecule has 2 fully saturated rings. The van der Waals surface area contributed by atoms with Gasteiger partial charge >= 0.3 is 0 Å². The van der Waals surface area contributed by atoms with Crippen molar-refractivity contribution in [2.45, 2.75) is 19.8 Å². The normalized spacial score (nSPS) is 23.4. The van der Waals surface area contributed by atoms with Gasteiger partial charge in [-0.1, -0.05) is 0 Å². The molecule has 6 heteroatoms. The van der Waals surface area contributed by atoms with Crippen molar-refractivity contribution in [1.82, 2.24) is 15.1 Å². The van der Waals surface area contributed by atoms with Gasteiger partial charge in [-0.2, -0.15) is 10.5 Å². The van der Waals surface area contributed by atoms with E-state index in [1.165, 1.54) is 6.42 Å². The molecule has 0 spiro atoms. The summed E-state index contributed by atoms with van der Waals surface area (Å²) in [5, 5.41) is 20.8. The van der Waals surface area contributed by atoms with E-state index in [4.69, 9.17) is 10.5 Å². The van der Waals surface area contributed by atoms with E-state index >= 15 is 0 Å². The van der Waals surface area contributed by atoms with E-state index < -0.39 is 0 Å². The van der Waals surface area contributed by atoms with Crippen LogP contribution in [-0.4, -0.2) is 61.5 Å². The fraction of sp³-hybridized carbons (Fsp3) is 0.591. The molecule has 148 valence electrons. The summed E-state index contributed by atoms with van der Waals surface area (Å²) in [7, 11) is 0. The van der Waals surface area contributed by atoms with Gasteiger partial charge in [0, 0.05) is 44.8 Å². The molecule has 1 N–H and O–H groups in total. The van der Waals surface area contributed by atoms with Gasteiger partial charge in [0.15, 0.2) is 0 Å². The average Bonchev–Trinajstić information content (AvgIpc) is 2.70. The molecule has 2 bridgehead atoms. The van der Waals surface area contributed by atoms with Crippen LogP contribution in [0.15, 0.2) is 24.3 Å². The Hall–Kier alpha value is -2.41. The second-order valence-corrected chi connectivity index (χ2v) is 8.27. The predicted molar refractivity (Wildman–Crippen MR) is 107 cm³/mol. The summed E-state index contributed by atoms with van der Waals surface area (Å²) in [6.45, 7) is 9.03. The lowest BCUT2D eigenvalue weighted by atomic mass is 9.84. The largest absolute Gasteiger partial charge is 0.352 e. The molecule has 2 saturated heterocycles. The first-order valence-corrected chi connectivity index (χ1v) is 10.2. The number of carbonyl (C=O) groups excluding carboxylic acids is 1. The minimum atomic E-state index is -0.0812. The van der Waals surface area contributed by atoms with Crippen LogP contribution >= 0.6 is 0 Å². The number of piperidine rings is 2. The number of likely N-dealkylation sites (tertiary alicyclic amines) is 2. The third-order valence-corrected chi connectivity index (χ3v) is 5.70. The van der Waals surface area contributed by atoms with Gasteiger partial charge in [0.25, 0.3) is 5.91 Å². The summed E-state index contributed by atoms with van der Waals surface area (Å²) in [4.78, 5) is 17.2. The number of amides is 1. The van der Waals surface area contributed by atoms with E-state index in [9.17, 15) is 4.79 Å². The molecule has 6 nitrogen and oxygen atoms in total. The van der Waals surface area contributed by atoms with E-state index in [0.717, 1.165) is 45.7 Å². The number of benzene rings is 1. The van der Waals surface area contributed by atoms with E-state index in [2.05, 4.69) is 27.3 Å². The average molecular weight is 380 g/mol. The van der Waals surface area contributed by atoms with Crippen LogP contribution in [0.5, 0.6) is 0 Å². The maximum atomic E-state index is 12.2. The van der Waals surface area contributed by atoms with Crippen LogP contribution in [0.4, 0.5) is 0 Å². The van der Waals surface area contributed by atoms with Crippen molar-refractivity contribution in [3.05, 3.63) is 35.4 Å². The van der Waals surface area contributed by atoms with Crippen molar-refractivity contribution in [3.63, 3.8) is 0 Å².